The highest BCUT2D eigenvalue weighted by atomic mass is 35.5. The van der Waals surface area contributed by atoms with Gasteiger partial charge < -0.3 is 4.74 Å². The van der Waals surface area contributed by atoms with Crippen molar-refractivity contribution in [3.63, 3.8) is 0 Å². The predicted octanol–water partition coefficient (Wildman–Crippen LogP) is 6.12. The Kier molecular flexibility index (Phi) is 7.40. The van der Waals surface area contributed by atoms with Gasteiger partial charge in [-0.2, -0.15) is 3.71 Å². The van der Waals surface area contributed by atoms with E-state index < -0.39 is 20.0 Å². The second-order valence-electron chi connectivity index (χ2n) is 8.25. The summed E-state index contributed by atoms with van der Waals surface area (Å²) in [7, 11) is -8.94. The lowest BCUT2D eigenvalue weighted by atomic mass is 10.2. The molecule has 0 aromatic heterocycles. The van der Waals surface area contributed by atoms with Crippen LogP contribution in [-0.2, 0) is 26.7 Å². The van der Waals surface area contributed by atoms with E-state index in [4.69, 9.17) is 16.3 Å². The number of anilines is 1. The van der Waals surface area contributed by atoms with Gasteiger partial charge in [0.1, 0.15) is 12.4 Å². The minimum absolute atomic E-state index is 0.0359. The maximum atomic E-state index is 13.7. The highest BCUT2D eigenvalue weighted by Crippen LogP contribution is 2.32. The van der Waals surface area contributed by atoms with Gasteiger partial charge in [-0.1, -0.05) is 59.1 Å². The van der Waals surface area contributed by atoms with Gasteiger partial charge in [-0.3, -0.25) is 0 Å². The van der Waals surface area contributed by atoms with Crippen molar-refractivity contribution in [1.29, 1.82) is 0 Å². The number of rotatable bonds is 8. The van der Waals surface area contributed by atoms with Gasteiger partial charge in [-0.05, 0) is 80.1 Å². The average molecular weight is 542 g/mol. The van der Waals surface area contributed by atoms with Crippen LogP contribution in [0.3, 0.4) is 0 Å². The number of hydrogen-bond donors (Lipinski definition) is 0. The van der Waals surface area contributed by atoms with E-state index in [0.29, 0.717) is 14.5 Å². The molecule has 0 fully saturated rings. The zero-order chi connectivity index (χ0) is 25.9. The van der Waals surface area contributed by atoms with Gasteiger partial charge in [0.2, 0.25) is 0 Å². The number of sulfonamides is 2. The maximum absolute atomic E-state index is 13.7. The fourth-order valence-corrected chi connectivity index (χ4v) is 7.38. The standard InChI is InChI=1S/C27H24ClNO5S2/c1-20-6-14-26(15-7-20)35(30,31)29(36(32,33)27-16-8-21(2)9-17-27)24-10-12-25(13-11-24)34-19-22-4-3-5-23(28)18-22/h3-18H,19H2,1-2H3. The van der Waals surface area contributed by atoms with Crippen LogP contribution in [0, 0.1) is 13.8 Å². The first-order valence-corrected chi connectivity index (χ1v) is 14.2. The van der Waals surface area contributed by atoms with E-state index in [1.807, 2.05) is 26.0 Å². The molecule has 0 atom stereocenters. The molecular formula is C27H24ClNO5S2. The number of halogens is 1. The summed E-state index contributed by atoms with van der Waals surface area (Å²) in [6.45, 7) is 3.88. The normalized spacial score (nSPS) is 11.8. The molecule has 0 N–H and O–H groups in total. The van der Waals surface area contributed by atoms with E-state index >= 15 is 0 Å². The zero-order valence-corrected chi connectivity index (χ0v) is 22.0. The first kappa shape index (κ1) is 25.8. The van der Waals surface area contributed by atoms with Crippen LogP contribution in [0.1, 0.15) is 16.7 Å². The predicted molar refractivity (Wildman–Crippen MR) is 141 cm³/mol. The fourth-order valence-electron chi connectivity index (χ4n) is 3.48. The van der Waals surface area contributed by atoms with E-state index in [2.05, 4.69) is 0 Å². The molecule has 0 aliphatic heterocycles. The first-order chi connectivity index (χ1) is 17.1. The summed E-state index contributed by atoms with van der Waals surface area (Å²) in [5, 5.41) is 0.588. The Bertz CT molecular complexity index is 1490. The second kappa shape index (κ2) is 10.3. The Labute approximate surface area is 216 Å². The molecule has 0 aliphatic rings. The Morgan fingerprint density at radius 3 is 1.67 bits per heavy atom. The molecule has 4 aromatic rings. The molecule has 4 rings (SSSR count). The second-order valence-corrected chi connectivity index (χ2v) is 12.5. The Hall–Kier alpha value is -3.33. The van der Waals surface area contributed by atoms with Gasteiger partial charge in [0.05, 0.1) is 15.5 Å². The molecule has 36 heavy (non-hydrogen) atoms. The molecule has 0 unspecified atom stereocenters. The van der Waals surface area contributed by atoms with Gasteiger partial charge in [0.25, 0.3) is 20.0 Å². The number of hydrogen-bond acceptors (Lipinski definition) is 5. The minimum Gasteiger partial charge on any atom is -0.489 e. The average Bonchev–Trinajstić information content (AvgIpc) is 2.84. The van der Waals surface area contributed by atoms with Gasteiger partial charge >= 0.3 is 0 Å². The molecular weight excluding hydrogens is 518 g/mol. The Morgan fingerprint density at radius 2 is 1.19 bits per heavy atom. The van der Waals surface area contributed by atoms with Crippen LogP contribution in [0.2, 0.25) is 5.02 Å². The summed E-state index contributed by atoms with van der Waals surface area (Å²) in [4.78, 5) is -0.268. The van der Waals surface area contributed by atoms with Crippen molar-refractivity contribution in [2.24, 2.45) is 0 Å². The van der Waals surface area contributed by atoms with Crippen molar-refractivity contribution < 1.29 is 21.6 Å². The van der Waals surface area contributed by atoms with Gasteiger partial charge in [0, 0.05) is 5.02 Å². The SMILES string of the molecule is Cc1ccc(S(=O)(=O)N(c2ccc(OCc3cccc(Cl)c3)cc2)S(=O)(=O)c2ccc(C)cc2)cc1. The highest BCUT2D eigenvalue weighted by Gasteiger charge is 2.37. The molecule has 0 saturated carbocycles. The van der Waals surface area contributed by atoms with Crippen LogP contribution in [0.5, 0.6) is 5.75 Å². The van der Waals surface area contributed by atoms with E-state index in [9.17, 15) is 16.8 Å². The summed E-state index contributed by atoms with van der Waals surface area (Å²) in [6, 6.07) is 25.2. The molecule has 0 amide bonds. The molecule has 0 bridgehead atoms. The van der Waals surface area contributed by atoms with Crippen molar-refractivity contribution in [2.45, 2.75) is 30.2 Å². The van der Waals surface area contributed by atoms with Crippen LogP contribution < -0.4 is 8.45 Å². The van der Waals surface area contributed by atoms with Crippen LogP contribution in [-0.4, -0.2) is 16.8 Å². The minimum atomic E-state index is -4.47. The van der Waals surface area contributed by atoms with Crippen molar-refractivity contribution in [2.75, 3.05) is 3.71 Å². The molecule has 0 spiro atoms. The first-order valence-electron chi connectivity index (χ1n) is 11.0. The highest BCUT2D eigenvalue weighted by molar-refractivity contribution is 8.10. The number of benzene rings is 4. The number of nitrogens with zero attached hydrogens (tertiary/aromatic N) is 1. The summed E-state index contributed by atoms with van der Waals surface area (Å²) >= 11 is 6.01. The lowest BCUT2D eigenvalue weighted by Crippen LogP contribution is -2.37. The molecule has 0 saturated heterocycles. The molecule has 0 radical (unpaired) electrons. The quantitative estimate of drug-likeness (QED) is 0.268. The third-order valence-corrected chi connectivity index (χ3v) is 9.86. The van der Waals surface area contributed by atoms with E-state index in [1.54, 1.807) is 36.4 Å². The smallest absolute Gasteiger partial charge is 0.277 e. The zero-order valence-electron chi connectivity index (χ0n) is 19.6. The Morgan fingerprint density at radius 1 is 0.694 bits per heavy atom. The number of ether oxygens (including phenoxy) is 1. The van der Waals surface area contributed by atoms with Gasteiger partial charge in [-0.25, -0.2) is 16.8 Å². The van der Waals surface area contributed by atoms with Crippen LogP contribution in [0.15, 0.2) is 107 Å². The third kappa shape index (κ3) is 5.56. The molecule has 0 aliphatic carbocycles. The largest absolute Gasteiger partial charge is 0.489 e. The molecule has 186 valence electrons. The lowest BCUT2D eigenvalue weighted by molar-refractivity contribution is 0.306. The van der Waals surface area contributed by atoms with Gasteiger partial charge in [-0.15, -0.1) is 0 Å². The van der Waals surface area contributed by atoms with Crippen LogP contribution in [0.25, 0.3) is 0 Å². The summed E-state index contributed by atoms with van der Waals surface area (Å²) < 4.78 is 60.9. The molecule has 0 heterocycles. The number of aryl methyl sites for hydroxylation is 2. The Balaban J connectivity index is 1.73. The maximum Gasteiger partial charge on any atom is 0.277 e. The van der Waals surface area contributed by atoms with Gasteiger partial charge in [0.15, 0.2) is 0 Å². The van der Waals surface area contributed by atoms with Crippen molar-refractivity contribution in [1.82, 2.24) is 0 Å². The fraction of sp³-hybridized carbons (Fsp3) is 0.111. The van der Waals surface area contributed by atoms with Crippen molar-refractivity contribution in [3.05, 3.63) is 119 Å². The van der Waals surface area contributed by atoms with E-state index in [1.165, 1.54) is 48.5 Å². The van der Waals surface area contributed by atoms with E-state index in [-0.39, 0.29) is 22.1 Å². The summed E-state index contributed by atoms with van der Waals surface area (Å²) in [5.74, 6) is 0.444. The summed E-state index contributed by atoms with van der Waals surface area (Å²) in [6.07, 6.45) is 0. The molecule has 6 nitrogen and oxygen atoms in total. The van der Waals surface area contributed by atoms with Crippen LogP contribution in [0.4, 0.5) is 5.69 Å². The summed E-state index contributed by atoms with van der Waals surface area (Å²) in [5.41, 5.74) is 2.52. The van der Waals surface area contributed by atoms with Crippen molar-refractivity contribution >= 4 is 37.3 Å². The topological polar surface area (TPSA) is 80.8 Å². The van der Waals surface area contributed by atoms with Crippen LogP contribution >= 0.6 is 11.6 Å². The molecule has 4 aromatic carbocycles. The van der Waals surface area contributed by atoms with E-state index in [0.717, 1.165) is 16.7 Å². The van der Waals surface area contributed by atoms with Crippen molar-refractivity contribution in [3.8, 4) is 5.75 Å². The lowest BCUT2D eigenvalue weighted by Gasteiger charge is -2.24. The molecule has 9 heteroatoms. The monoisotopic (exact) mass is 541 g/mol. The third-order valence-electron chi connectivity index (χ3n) is 5.42.